The molecule has 10 nitrogen and oxygen atoms in total. The van der Waals surface area contributed by atoms with Crippen LogP contribution in [0.5, 0.6) is 0 Å². The van der Waals surface area contributed by atoms with Crippen LogP contribution in [0, 0.1) is 0 Å². The summed E-state index contributed by atoms with van der Waals surface area (Å²) in [7, 11) is 0. The number of nitrogens with zero attached hydrogens (tertiary/aromatic N) is 4. The topological polar surface area (TPSA) is 111 Å². The van der Waals surface area contributed by atoms with E-state index < -0.39 is 12.2 Å². The number of amides is 4. The number of thiophene rings is 1. The van der Waals surface area contributed by atoms with Crippen molar-refractivity contribution < 1.29 is 19.1 Å². The SMILES string of the molecule is CCc1cc(C[C@@H](OC(=O)N2CCC(N3Cc4cscc4NC3=O)CC2)C(=O)N2CCC(N3CCCCC3)CC2)cc(Cl)c1N. The minimum absolute atomic E-state index is 0.0325. The molecule has 1 atom stereocenters. The average molecular weight is 657 g/mol. The number of nitrogens with two attached hydrogens (primary N) is 1. The predicted octanol–water partition coefficient (Wildman–Crippen LogP) is 5.58. The first-order chi connectivity index (χ1) is 21.8. The first-order valence-corrected chi connectivity index (χ1v) is 17.8. The van der Waals surface area contributed by atoms with Gasteiger partial charge in [0, 0.05) is 55.6 Å². The maximum atomic E-state index is 14.0. The van der Waals surface area contributed by atoms with Gasteiger partial charge in [-0.15, -0.1) is 11.3 Å². The van der Waals surface area contributed by atoms with Gasteiger partial charge in [-0.05, 0) is 80.6 Å². The number of anilines is 2. The fourth-order valence-electron chi connectivity index (χ4n) is 7.33. The Morgan fingerprint density at radius 1 is 1.00 bits per heavy atom. The molecular formula is C33H45ClN6O4S. The molecule has 0 radical (unpaired) electrons. The van der Waals surface area contributed by atoms with E-state index in [0.29, 0.717) is 68.7 Å². The van der Waals surface area contributed by atoms with E-state index in [9.17, 15) is 14.4 Å². The van der Waals surface area contributed by atoms with Crippen LogP contribution in [0.1, 0.15) is 68.6 Å². The van der Waals surface area contributed by atoms with Gasteiger partial charge >= 0.3 is 12.1 Å². The van der Waals surface area contributed by atoms with Gasteiger partial charge in [0.25, 0.3) is 5.91 Å². The number of hydrogen-bond donors (Lipinski definition) is 2. The number of piperidine rings is 3. The standard InChI is InChI=1S/C33H45ClN6O4S/c1-2-23-16-22(17-27(34)30(23)35)18-29(31(41)38-12-6-25(7-13-38)37-10-4-3-5-11-37)44-33(43)39-14-8-26(9-15-39)40-19-24-20-45-21-28(24)36-32(40)42/h16-17,20-21,25-26,29H,2-15,18-19,35H2,1H3,(H,36,42)/t29-/m1/s1. The Labute approximate surface area is 274 Å². The van der Waals surface area contributed by atoms with Crippen LogP contribution in [0.3, 0.4) is 0 Å². The van der Waals surface area contributed by atoms with E-state index in [1.54, 1.807) is 22.3 Å². The van der Waals surface area contributed by atoms with Crippen LogP contribution in [0.15, 0.2) is 22.9 Å². The number of fused-ring (bicyclic) bond motifs is 1. The van der Waals surface area contributed by atoms with Crippen LogP contribution in [-0.4, -0.2) is 95.1 Å². The Morgan fingerprint density at radius 3 is 2.40 bits per heavy atom. The van der Waals surface area contributed by atoms with Gasteiger partial charge in [0.05, 0.1) is 22.9 Å². The van der Waals surface area contributed by atoms with Gasteiger partial charge in [0.15, 0.2) is 6.10 Å². The van der Waals surface area contributed by atoms with Crippen molar-refractivity contribution in [3.8, 4) is 0 Å². The Hall–Kier alpha value is -3.02. The quantitative estimate of drug-likeness (QED) is 0.377. The van der Waals surface area contributed by atoms with Crippen molar-refractivity contribution in [2.75, 3.05) is 50.3 Å². The number of benzene rings is 1. The molecule has 45 heavy (non-hydrogen) atoms. The highest BCUT2D eigenvalue weighted by Gasteiger charge is 2.37. The van der Waals surface area contributed by atoms with E-state index in [-0.39, 0.29) is 24.4 Å². The zero-order chi connectivity index (χ0) is 31.5. The number of carbonyl (C=O) groups excluding carboxylic acids is 3. The molecule has 6 rings (SSSR count). The maximum absolute atomic E-state index is 14.0. The lowest BCUT2D eigenvalue weighted by Crippen LogP contribution is -2.53. The second-order valence-corrected chi connectivity index (χ2v) is 14.0. The summed E-state index contributed by atoms with van der Waals surface area (Å²) in [6.45, 7) is 7.11. The molecule has 4 aliphatic rings. The summed E-state index contributed by atoms with van der Waals surface area (Å²) in [6.07, 6.45) is 6.46. The Balaban J connectivity index is 1.10. The molecular weight excluding hydrogens is 612 g/mol. The molecule has 244 valence electrons. The van der Waals surface area contributed by atoms with Crippen molar-refractivity contribution in [3.63, 3.8) is 0 Å². The van der Waals surface area contributed by atoms with Gasteiger partial charge < -0.3 is 35.4 Å². The zero-order valence-corrected chi connectivity index (χ0v) is 27.7. The van der Waals surface area contributed by atoms with Crippen LogP contribution in [0.25, 0.3) is 0 Å². The summed E-state index contributed by atoms with van der Waals surface area (Å²) in [5.74, 6) is -0.155. The van der Waals surface area contributed by atoms with E-state index in [1.807, 2.05) is 28.2 Å². The number of carbonyl (C=O) groups is 3. The Kier molecular flexibility index (Phi) is 10.1. The highest BCUT2D eigenvalue weighted by molar-refractivity contribution is 7.08. The molecule has 0 aliphatic carbocycles. The van der Waals surface area contributed by atoms with Gasteiger partial charge in [-0.25, -0.2) is 9.59 Å². The molecule has 3 saturated heterocycles. The number of hydrogen-bond acceptors (Lipinski definition) is 7. The van der Waals surface area contributed by atoms with Crippen molar-refractivity contribution in [3.05, 3.63) is 44.6 Å². The van der Waals surface area contributed by atoms with E-state index in [1.165, 1.54) is 19.3 Å². The fraction of sp³-hybridized carbons (Fsp3) is 0.606. The van der Waals surface area contributed by atoms with E-state index >= 15 is 0 Å². The lowest BCUT2D eigenvalue weighted by Gasteiger charge is -2.41. The van der Waals surface area contributed by atoms with Gasteiger partial charge in [-0.2, -0.15) is 0 Å². The fourth-order valence-corrected chi connectivity index (χ4v) is 8.37. The summed E-state index contributed by atoms with van der Waals surface area (Å²) in [5, 5.41) is 7.45. The smallest absolute Gasteiger partial charge is 0.410 e. The molecule has 3 fully saturated rings. The summed E-state index contributed by atoms with van der Waals surface area (Å²) in [5.41, 5.74) is 10.5. The maximum Gasteiger partial charge on any atom is 0.410 e. The lowest BCUT2D eigenvalue weighted by atomic mass is 9.98. The number of ether oxygens (including phenoxy) is 1. The molecule has 0 bridgehead atoms. The third kappa shape index (κ3) is 7.20. The molecule has 0 spiro atoms. The van der Waals surface area contributed by atoms with Gasteiger partial charge in [-0.3, -0.25) is 4.79 Å². The van der Waals surface area contributed by atoms with Crippen LogP contribution in [0.2, 0.25) is 5.02 Å². The second kappa shape index (κ2) is 14.2. The minimum atomic E-state index is -0.962. The Bertz CT molecular complexity index is 1380. The molecule has 5 heterocycles. The molecule has 3 N–H and O–H groups in total. The van der Waals surface area contributed by atoms with Crippen molar-refractivity contribution in [2.45, 2.75) is 89.4 Å². The average Bonchev–Trinajstić information content (AvgIpc) is 3.53. The number of nitrogen functional groups attached to an aromatic ring is 1. The summed E-state index contributed by atoms with van der Waals surface area (Å²) < 4.78 is 6.05. The van der Waals surface area contributed by atoms with Crippen molar-refractivity contribution in [1.29, 1.82) is 0 Å². The van der Waals surface area contributed by atoms with Crippen molar-refractivity contribution in [1.82, 2.24) is 19.6 Å². The van der Waals surface area contributed by atoms with Gasteiger partial charge in [-0.1, -0.05) is 31.0 Å². The molecule has 2 aromatic rings. The number of aryl methyl sites for hydroxylation is 1. The van der Waals surface area contributed by atoms with Crippen LogP contribution in [0.4, 0.5) is 21.0 Å². The van der Waals surface area contributed by atoms with E-state index in [2.05, 4.69) is 15.6 Å². The largest absolute Gasteiger partial charge is 0.436 e. The summed E-state index contributed by atoms with van der Waals surface area (Å²) >= 11 is 8.04. The first-order valence-electron chi connectivity index (χ1n) is 16.5. The van der Waals surface area contributed by atoms with Gasteiger partial charge in [0.2, 0.25) is 0 Å². The number of nitrogens with one attached hydrogen (secondary N) is 1. The first kappa shape index (κ1) is 31.9. The van der Waals surface area contributed by atoms with E-state index in [4.69, 9.17) is 22.1 Å². The number of likely N-dealkylation sites (tertiary alicyclic amines) is 3. The normalized spacial score (nSPS) is 20.9. The zero-order valence-electron chi connectivity index (χ0n) is 26.1. The van der Waals surface area contributed by atoms with Gasteiger partial charge in [0.1, 0.15) is 0 Å². The predicted molar refractivity (Wildman–Crippen MR) is 178 cm³/mol. The highest BCUT2D eigenvalue weighted by atomic mass is 35.5. The Morgan fingerprint density at radius 2 is 1.69 bits per heavy atom. The number of halogens is 1. The lowest BCUT2D eigenvalue weighted by molar-refractivity contribution is -0.142. The third-order valence-electron chi connectivity index (χ3n) is 10.0. The third-order valence-corrected chi connectivity index (χ3v) is 11.1. The monoisotopic (exact) mass is 656 g/mol. The molecule has 0 saturated carbocycles. The van der Waals surface area contributed by atoms with Crippen molar-refractivity contribution >= 4 is 52.3 Å². The minimum Gasteiger partial charge on any atom is -0.436 e. The number of rotatable bonds is 7. The second-order valence-electron chi connectivity index (χ2n) is 12.8. The molecule has 4 aliphatic heterocycles. The molecule has 1 aromatic heterocycles. The van der Waals surface area contributed by atoms with Crippen LogP contribution < -0.4 is 11.1 Å². The van der Waals surface area contributed by atoms with E-state index in [0.717, 1.165) is 48.3 Å². The highest BCUT2D eigenvalue weighted by Crippen LogP contribution is 2.31. The van der Waals surface area contributed by atoms with Crippen molar-refractivity contribution in [2.24, 2.45) is 0 Å². The molecule has 12 heteroatoms. The number of urea groups is 1. The molecule has 4 amide bonds. The summed E-state index contributed by atoms with van der Waals surface area (Å²) in [4.78, 5) is 48.3. The molecule has 1 aromatic carbocycles. The van der Waals surface area contributed by atoms with Crippen LogP contribution in [-0.2, 0) is 28.9 Å². The van der Waals surface area contributed by atoms with Crippen LogP contribution >= 0.6 is 22.9 Å². The molecule has 0 unspecified atom stereocenters. The summed E-state index contributed by atoms with van der Waals surface area (Å²) in [6, 6.07) is 4.19.